The first kappa shape index (κ1) is 18.2. The molecule has 1 aliphatic rings. The molecule has 1 aromatic heterocycles. The third-order valence-electron chi connectivity index (χ3n) is 4.29. The quantitative estimate of drug-likeness (QED) is 0.854. The lowest BCUT2D eigenvalue weighted by atomic mass is 9.82. The number of carbonyl (C=O) groups excluding carboxylic acids is 1. The molecule has 0 aromatic carbocycles. The van der Waals surface area contributed by atoms with Gasteiger partial charge in [0.25, 0.3) is 0 Å². The lowest BCUT2D eigenvalue weighted by Crippen LogP contribution is -2.48. The molecule has 1 atom stereocenters. The summed E-state index contributed by atoms with van der Waals surface area (Å²) in [5.74, 6) is -4.54. The van der Waals surface area contributed by atoms with Gasteiger partial charge in [-0.1, -0.05) is 0 Å². The molecule has 0 unspecified atom stereocenters. The molecule has 0 spiro atoms. The van der Waals surface area contributed by atoms with Gasteiger partial charge in [0.2, 0.25) is 5.92 Å². The molecule has 0 aliphatic heterocycles. The van der Waals surface area contributed by atoms with Crippen molar-refractivity contribution >= 4 is 12.1 Å². The summed E-state index contributed by atoms with van der Waals surface area (Å²) in [5, 5.41) is 15.6. The summed E-state index contributed by atoms with van der Waals surface area (Å²) in [6.07, 6.45) is -1.55. The van der Waals surface area contributed by atoms with Crippen LogP contribution in [-0.4, -0.2) is 38.9 Å². The number of ether oxygens (including phenoxy) is 1. The lowest BCUT2D eigenvalue weighted by molar-refractivity contribution is -0.142. The molecule has 1 heterocycles. The third-order valence-corrected chi connectivity index (χ3v) is 4.29. The zero-order valence-corrected chi connectivity index (χ0v) is 13.6. The molecule has 1 saturated carbocycles. The van der Waals surface area contributed by atoms with Crippen molar-refractivity contribution in [3.05, 3.63) is 17.5 Å². The van der Waals surface area contributed by atoms with E-state index < -0.39 is 29.9 Å². The highest BCUT2D eigenvalue weighted by Gasteiger charge is 2.40. The number of alkyl carbamates (subject to hydrolysis) is 1. The number of hydrogen-bond donors (Lipinski definition) is 2. The summed E-state index contributed by atoms with van der Waals surface area (Å²) in [5.41, 5.74) is 1.43. The van der Waals surface area contributed by atoms with Crippen molar-refractivity contribution in [2.24, 2.45) is 13.0 Å². The molecule has 0 bridgehead atoms. The molecule has 9 heteroatoms. The minimum Gasteiger partial charge on any atom is -0.480 e. The minimum atomic E-state index is -2.75. The number of amides is 1. The molecular formula is C15H21F2N3O4. The fourth-order valence-electron chi connectivity index (χ4n) is 2.79. The van der Waals surface area contributed by atoms with Crippen LogP contribution in [0.2, 0.25) is 0 Å². The summed E-state index contributed by atoms with van der Waals surface area (Å²) in [7, 11) is 1.75. The van der Waals surface area contributed by atoms with Crippen molar-refractivity contribution < 1.29 is 28.2 Å². The molecule has 0 saturated heterocycles. The van der Waals surface area contributed by atoms with Crippen LogP contribution < -0.4 is 5.32 Å². The predicted molar refractivity (Wildman–Crippen MR) is 79.6 cm³/mol. The summed E-state index contributed by atoms with van der Waals surface area (Å²) < 4.78 is 33.0. The first-order valence-electron chi connectivity index (χ1n) is 7.71. The Morgan fingerprint density at radius 2 is 2.12 bits per heavy atom. The van der Waals surface area contributed by atoms with Crippen LogP contribution in [0.15, 0.2) is 6.07 Å². The van der Waals surface area contributed by atoms with Crippen molar-refractivity contribution in [3.8, 4) is 0 Å². The Bertz CT molecular complexity index is 588. The molecule has 1 amide bonds. The van der Waals surface area contributed by atoms with Gasteiger partial charge < -0.3 is 15.2 Å². The Labute approximate surface area is 138 Å². The standard InChI is InChI=1S/C15H21F2N3O4/c1-9-7-11(19-20(9)2)8-24-14(23)18-12(13(21)22)10-3-5-15(16,17)6-4-10/h7,10,12H,3-6,8H2,1-2H3,(H,18,23)(H,21,22)/t12-/m0/s1. The number of halogens is 2. The zero-order chi connectivity index (χ0) is 17.9. The van der Waals surface area contributed by atoms with Crippen LogP contribution in [0.4, 0.5) is 13.6 Å². The second-order valence-electron chi connectivity index (χ2n) is 6.13. The molecule has 2 N–H and O–H groups in total. The number of aromatic nitrogens is 2. The van der Waals surface area contributed by atoms with Crippen LogP contribution in [0, 0.1) is 12.8 Å². The molecule has 24 heavy (non-hydrogen) atoms. The molecule has 1 fully saturated rings. The Kier molecular flexibility index (Phi) is 5.40. The fraction of sp³-hybridized carbons (Fsp3) is 0.667. The number of carboxylic acids is 1. The van der Waals surface area contributed by atoms with Gasteiger partial charge in [0.1, 0.15) is 18.3 Å². The van der Waals surface area contributed by atoms with Crippen molar-refractivity contribution in [1.82, 2.24) is 15.1 Å². The van der Waals surface area contributed by atoms with Gasteiger partial charge in [-0.2, -0.15) is 5.10 Å². The first-order chi connectivity index (χ1) is 11.2. The van der Waals surface area contributed by atoms with E-state index in [1.807, 2.05) is 6.92 Å². The normalized spacial score (nSPS) is 18.8. The maximum absolute atomic E-state index is 13.2. The van der Waals surface area contributed by atoms with Crippen molar-refractivity contribution in [2.45, 2.75) is 51.2 Å². The predicted octanol–water partition coefficient (Wildman–Crippen LogP) is 2.23. The summed E-state index contributed by atoms with van der Waals surface area (Å²) in [6, 6.07) is 0.504. The number of aliphatic carboxylic acids is 1. The van der Waals surface area contributed by atoms with Crippen molar-refractivity contribution in [1.29, 1.82) is 0 Å². The van der Waals surface area contributed by atoms with Gasteiger partial charge >= 0.3 is 12.1 Å². The van der Waals surface area contributed by atoms with Crippen LogP contribution in [0.25, 0.3) is 0 Å². The van der Waals surface area contributed by atoms with Crippen LogP contribution >= 0.6 is 0 Å². The average Bonchev–Trinajstić information content (AvgIpc) is 2.81. The van der Waals surface area contributed by atoms with E-state index >= 15 is 0 Å². The van der Waals surface area contributed by atoms with Gasteiger partial charge in [0.05, 0.1) is 0 Å². The Morgan fingerprint density at radius 1 is 1.50 bits per heavy atom. The van der Waals surface area contributed by atoms with Gasteiger partial charge in [0.15, 0.2) is 0 Å². The van der Waals surface area contributed by atoms with Gasteiger partial charge in [-0.3, -0.25) is 4.68 Å². The Hall–Kier alpha value is -2.19. The van der Waals surface area contributed by atoms with Crippen LogP contribution in [-0.2, 0) is 23.2 Å². The number of carbonyl (C=O) groups is 2. The highest BCUT2D eigenvalue weighted by Crippen LogP contribution is 2.37. The van der Waals surface area contributed by atoms with E-state index in [-0.39, 0.29) is 32.3 Å². The molecule has 0 radical (unpaired) electrons. The highest BCUT2D eigenvalue weighted by atomic mass is 19.3. The van der Waals surface area contributed by atoms with E-state index in [0.717, 1.165) is 5.69 Å². The SMILES string of the molecule is Cc1cc(COC(=O)N[C@H](C(=O)O)C2CCC(F)(F)CC2)nn1C. The first-order valence-corrected chi connectivity index (χ1v) is 7.71. The van der Waals surface area contributed by atoms with E-state index in [1.165, 1.54) is 0 Å². The highest BCUT2D eigenvalue weighted by molar-refractivity contribution is 5.80. The maximum Gasteiger partial charge on any atom is 0.408 e. The summed E-state index contributed by atoms with van der Waals surface area (Å²) in [6.45, 7) is 1.75. The molecule has 134 valence electrons. The number of aryl methyl sites for hydroxylation is 2. The monoisotopic (exact) mass is 345 g/mol. The topological polar surface area (TPSA) is 93.4 Å². The van der Waals surface area contributed by atoms with Gasteiger partial charge in [-0.25, -0.2) is 18.4 Å². The Morgan fingerprint density at radius 3 is 2.62 bits per heavy atom. The van der Waals surface area contributed by atoms with Crippen LogP contribution in [0.3, 0.4) is 0 Å². The van der Waals surface area contributed by atoms with Crippen molar-refractivity contribution in [2.75, 3.05) is 0 Å². The summed E-state index contributed by atoms with van der Waals surface area (Å²) in [4.78, 5) is 23.2. The van der Waals surface area contributed by atoms with E-state index in [1.54, 1.807) is 17.8 Å². The maximum atomic E-state index is 13.2. The van der Waals surface area contributed by atoms with Gasteiger partial charge in [-0.15, -0.1) is 0 Å². The number of nitrogens with zero attached hydrogens (tertiary/aromatic N) is 2. The van der Waals surface area contributed by atoms with Crippen molar-refractivity contribution in [3.63, 3.8) is 0 Å². The van der Waals surface area contributed by atoms with E-state index in [9.17, 15) is 23.5 Å². The second kappa shape index (κ2) is 7.14. The molecular weight excluding hydrogens is 324 g/mol. The van der Waals surface area contributed by atoms with E-state index in [2.05, 4.69) is 10.4 Å². The fourth-order valence-corrected chi connectivity index (χ4v) is 2.79. The second-order valence-corrected chi connectivity index (χ2v) is 6.13. The summed E-state index contributed by atoms with van der Waals surface area (Å²) >= 11 is 0. The molecule has 2 rings (SSSR count). The molecule has 7 nitrogen and oxygen atoms in total. The number of carboxylic acid groups (broad SMARTS) is 1. The van der Waals surface area contributed by atoms with Gasteiger partial charge in [0, 0.05) is 25.6 Å². The van der Waals surface area contributed by atoms with Crippen LogP contribution in [0.1, 0.15) is 37.1 Å². The third kappa shape index (κ3) is 4.65. The average molecular weight is 345 g/mol. The smallest absolute Gasteiger partial charge is 0.408 e. The molecule has 1 aromatic rings. The van der Waals surface area contributed by atoms with Crippen LogP contribution in [0.5, 0.6) is 0 Å². The van der Waals surface area contributed by atoms with E-state index in [4.69, 9.17) is 4.74 Å². The molecule has 1 aliphatic carbocycles. The minimum absolute atomic E-state index is 0.0453. The zero-order valence-electron chi connectivity index (χ0n) is 13.6. The number of hydrogen-bond acceptors (Lipinski definition) is 4. The number of alkyl halides is 2. The number of nitrogens with one attached hydrogen (secondary N) is 1. The number of rotatable bonds is 5. The Balaban J connectivity index is 1.88. The largest absolute Gasteiger partial charge is 0.480 e. The van der Waals surface area contributed by atoms with Gasteiger partial charge in [-0.05, 0) is 31.7 Å². The lowest BCUT2D eigenvalue weighted by Gasteiger charge is -2.31. The van der Waals surface area contributed by atoms with E-state index in [0.29, 0.717) is 5.69 Å².